The molecule has 1 N–H and O–H groups in total. The summed E-state index contributed by atoms with van der Waals surface area (Å²) in [7, 11) is 0. The zero-order valence-corrected chi connectivity index (χ0v) is 13.2. The van der Waals surface area contributed by atoms with E-state index in [1.807, 2.05) is 0 Å². The van der Waals surface area contributed by atoms with Gasteiger partial charge in [-0.25, -0.2) is 0 Å². The Morgan fingerprint density at radius 2 is 1.90 bits per heavy atom. The Morgan fingerprint density at radius 1 is 1.24 bits per heavy atom. The molecule has 0 radical (unpaired) electrons. The summed E-state index contributed by atoms with van der Waals surface area (Å²) in [5.74, 6) is -4.85. The SMILES string of the molecule is CCNC(c1csc2c(Br)cccc12)C(F)(F)C(F)(F)F. The molecular formula is C13H11BrF5NS. The van der Waals surface area contributed by atoms with Gasteiger partial charge < -0.3 is 5.32 Å². The highest BCUT2D eigenvalue weighted by Crippen LogP contribution is 2.47. The molecule has 2 rings (SSSR count). The van der Waals surface area contributed by atoms with Crippen molar-refractivity contribution < 1.29 is 22.0 Å². The van der Waals surface area contributed by atoms with Gasteiger partial charge in [-0.3, -0.25) is 0 Å². The number of benzene rings is 1. The maximum atomic E-state index is 13.8. The molecule has 1 aromatic heterocycles. The first-order chi connectivity index (χ1) is 9.70. The number of hydrogen-bond acceptors (Lipinski definition) is 2. The van der Waals surface area contributed by atoms with Crippen molar-refractivity contribution >= 4 is 37.4 Å². The molecule has 0 aliphatic carbocycles. The molecule has 0 spiro atoms. The fourth-order valence-electron chi connectivity index (χ4n) is 2.07. The first kappa shape index (κ1) is 16.6. The average molecular weight is 388 g/mol. The smallest absolute Gasteiger partial charge is 0.305 e. The van der Waals surface area contributed by atoms with Gasteiger partial charge in [0.05, 0.1) is 0 Å². The molecular weight excluding hydrogens is 377 g/mol. The van der Waals surface area contributed by atoms with Crippen molar-refractivity contribution in [2.24, 2.45) is 0 Å². The van der Waals surface area contributed by atoms with Crippen LogP contribution in [0.15, 0.2) is 28.1 Å². The van der Waals surface area contributed by atoms with Crippen LogP contribution in [0.25, 0.3) is 10.1 Å². The molecule has 21 heavy (non-hydrogen) atoms. The first-order valence-corrected chi connectivity index (χ1v) is 7.71. The third-order valence-corrected chi connectivity index (χ3v) is 5.01. The number of thiophene rings is 1. The fraction of sp³-hybridized carbons (Fsp3) is 0.385. The number of alkyl halides is 5. The highest BCUT2D eigenvalue weighted by Gasteiger charge is 2.62. The molecule has 1 unspecified atom stereocenters. The molecule has 1 atom stereocenters. The van der Waals surface area contributed by atoms with Gasteiger partial charge in [0.2, 0.25) is 0 Å². The zero-order valence-electron chi connectivity index (χ0n) is 10.8. The van der Waals surface area contributed by atoms with Crippen molar-refractivity contribution in [3.05, 3.63) is 33.6 Å². The summed E-state index contributed by atoms with van der Waals surface area (Å²) in [5.41, 5.74) is -0.0412. The van der Waals surface area contributed by atoms with E-state index in [1.165, 1.54) is 12.3 Å². The summed E-state index contributed by atoms with van der Waals surface area (Å²) in [5, 5.41) is 4.01. The van der Waals surface area contributed by atoms with Crippen molar-refractivity contribution in [1.29, 1.82) is 0 Å². The van der Waals surface area contributed by atoms with Crippen LogP contribution in [-0.2, 0) is 0 Å². The summed E-state index contributed by atoms with van der Waals surface area (Å²) in [4.78, 5) is 0. The van der Waals surface area contributed by atoms with Crippen molar-refractivity contribution in [1.82, 2.24) is 5.32 Å². The Bertz CT molecular complexity index is 637. The van der Waals surface area contributed by atoms with E-state index in [0.29, 0.717) is 14.6 Å². The van der Waals surface area contributed by atoms with E-state index in [2.05, 4.69) is 21.2 Å². The second-order valence-electron chi connectivity index (χ2n) is 4.42. The van der Waals surface area contributed by atoms with Crippen LogP contribution in [0.5, 0.6) is 0 Å². The third-order valence-electron chi connectivity index (χ3n) is 3.04. The molecule has 0 aliphatic rings. The second kappa shape index (κ2) is 5.81. The maximum absolute atomic E-state index is 13.8. The van der Waals surface area contributed by atoms with E-state index >= 15 is 0 Å². The number of nitrogens with one attached hydrogen (secondary N) is 1. The lowest BCUT2D eigenvalue weighted by molar-refractivity contribution is -0.294. The van der Waals surface area contributed by atoms with Crippen LogP contribution < -0.4 is 5.32 Å². The van der Waals surface area contributed by atoms with Crippen LogP contribution in [-0.4, -0.2) is 18.6 Å². The third kappa shape index (κ3) is 2.93. The maximum Gasteiger partial charge on any atom is 0.455 e. The van der Waals surface area contributed by atoms with Crippen molar-refractivity contribution in [2.45, 2.75) is 25.1 Å². The molecule has 0 fully saturated rings. The van der Waals surface area contributed by atoms with Crippen molar-refractivity contribution in [2.75, 3.05) is 6.54 Å². The van der Waals surface area contributed by atoms with Crippen LogP contribution in [0.1, 0.15) is 18.5 Å². The van der Waals surface area contributed by atoms with Crippen LogP contribution in [0.3, 0.4) is 0 Å². The molecule has 1 aromatic carbocycles. The summed E-state index contributed by atoms with van der Waals surface area (Å²) >= 11 is 4.40. The Hall–Kier alpha value is -0.730. The summed E-state index contributed by atoms with van der Waals surface area (Å²) in [6.45, 7) is 1.49. The Balaban J connectivity index is 2.59. The predicted octanol–water partition coefficient (Wildman–Crippen LogP) is 5.51. The van der Waals surface area contributed by atoms with Gasteiger partial charge in [-0.05, 0) is 44.9 Å². The highest BCUT2D eigenvalue weighted by molar-refractivity contribution is 9.10. The average Bonchev–Trinajstić information content (AvgIpc) is 2.79. The van der Waals surface area contributed by atoms with Crippen LogP contribution >= 0.6 is 27.3 Å². The lowest BCUT2D eigenvalue weighted by Crippen LogP contribution is -2.47. The van der Waals surface area contributed by atoms with E-state index in [9.17, 15) is 22.0 Å². The van der Waals surface area contributed by atoms with E-state index < -0.39 is 18.1 Å². The fourth-order valence-corrected chi connectivity index (χ4v) is 3.71. The van der Waals surface area contributed by atoms with Crippen LogP contribution in [0, 0.1) is 0 Å². The molecule has 2 aromatic rings. The molecule has 1 nitrogen and oxygen atoms in total. The van der Waals surface area contributed by atoms with Crippen LogP contribution in [0.2, 0.25) is 0 Å². The predicted molar refractivity (Wildman–Crippen MR) is 76.9 cm³/mol. The molecule has 0 aliphatic heterocycles. The summed E-state index contributed by atoms with van der Waals surface area (Å²) in [6.07, 6.45) is -5.61. The number of rotatable bonds is 4. The van der Waals surface area contributed by atoms with Gasteiger partial charge in [-0.2, -0.15) is 22.0 Å². The Kier molecular flexibility index (Phi) is 4.60. The van der Waals surface area contributed by atoms with Crippen molar-refractivity contribution in [3.63, 3.8) is 0 Å². The molecule has 1 heterocycles. The van der Waals surface area contributed by atoms with E-state index in [0.717, 1.165) is 11.3 Å². The first-order valence-electron chi connectivity index (χ1n) is 6.03. The van der Waals surface area contributed by atoms with Gasteiger partial charge in [0, 0.05) is 9.17 Å². The van der Waals surface area contributed by atoms with Gasteiger partial charge in [0.25, 0.3) is 0 Å². The second-order valence-corrected chi connectivity index (χ2v) is 6.15. The topological polar surface area (TPSA) is 12.0 Å². The minimum absolute atomic E-state index is 0.00167. The molecule has 116 valence electrons. The largest absolute Gasteiger partial charge is 0.455 e. The van der Waals surface area contributed by atoms with Gasteiger partial charge in [0.15, 0.2) is 0 Å². The summed E-state index contributed by atoms with van der Waals surface area (Å²) in [6, 6.07) is 2.76. The van der Waals surface area contributed by atoms with Gasteiger partial charge in [-0.1, -0.05) is 19.1 Å². The molecule has 0 saturated carbocycles. The molecule has 0 bridgehead atoms. The normalized spacial score (nSPS) is 14.6. The monoisotopic (exact) mass is 387 g/mol. The van der Waals surface area contributed by atoms with Crippen molar-refractivity contribution in [3.8, 4) is 0 Å². The van der Waals surface area contributed by atoms with Gasteiger partial charge in [-0.15, -0.1) is 11.3 Å². The minimum Gasteiger partial charge on any atom is -0.305 e. The standard InChI is InChI=1S/C13H11BrF5NS/c1-2-20-11(12(15,16)13(17,18)19)8-6-21-10-7(8)4-3-5-9(10)14/h3-6,11,20H,2H2,1H3. The van der Waals surface area contributed by atoms with E-state index in [-0.39, 0.29) is 12.1 Å². The number of hydrogen-bond donors (Lipinski definition) is 1. The minimum atomic E-state index is -5.61. The zero-order chi connectivity index (χ0) is 15.8. The van der Waals surface area contributed by atoms with Gasteiger partial charge in [0.1, 0.15) is 6.04 Å². The summed E-state index contributed by atoms with van der Waals surface area (Å²) < 4.78 is 66.9. The van der Waals surface area contributed by atoms with E-state index in [1.54, 1.807) is 18.2 Å². The Labute approximate surface area is 130 Å². The van der Waals surface area contributed by atoms with Gasteiger partial charge >= 0.3 is 12.1 Å². The number of halogens is 6. The molecule has 8 heteroatoms. The lowest BCUT2D eigenvalue weighted by atomic mass is 9.99. The van der Waals surface area contributed by atoms with E-state index in [4.69, 9.17) is 0 Å². The molecule has 0 amide bonds. The highest BCUT2D eigenvalue weighted by atomic mass is 79.9. The Morgan fingerprint density at radius 3 is 2.48 bits per heavy atom. The van der Waals surface area contributed by atoms with Crippen LogP contribution in [0.4, 0.5) is 22.0 Å². The number of fused-ring (bicyclic) bond motifs is 1. The lowest BCUT2D eigenvalue weighted by Gasteiger charge is -2.29. The molecule has 0 saturated heterocycles. The quantitative estimate of drug-likeness (QED) is 0.681.